The molecule has 2 aliphatic carbocycles. The van der Waals surface area contributed by atoms with E-state index in [1.165, 1.54) is 22.3 Å². The number of alkyl carbamates (subject to hydrolysis) is 1. The Morgan fingerprint density at radius 3 is 2.24 bits per heavy atom. The van der Waals surface area contributed by atoms with E-state index in [2.05, 4.69) is 41.7 Å². The Balaban J connectivity index is 0.00000205. The molecular weight excluding hydrogens is 388 g/mol. The summed E-state index contributed by atoms with van der Waals surface area (Å²) in [6.45, 7) is 1.78. The van der Waals surface area contributed by atoms with Crippen LogP contribution in [0.3, 0.4) is 0 Å². The second-order valence-electron chi connectivity index (χ2n) is 8.21. The molecule has 3 N–H and O–H groups in total. The molecule has 2 fully saturated rings. The highest BCUT2D eigenvalue weighted by Gasteiger charge is 2.54. The number of nitrogens with two attached hydrogens (primary N) is 1. The van der Waals surface area contributed by atoms with Gasteiger partial charge in [0.25, 0.3) is 0 Å². The number of halogens is 1. The van der Waals surface area contributed by atoms with Crippen LogP contribution in [0.15, 0.2) is 48.5 Å². The van der Waals surface area contributed by atoms with Gasteiger partial charge in [-0.15, -0.1) is 12.4 Å². The molecule has 1 aliphatic heterocycles. The SMILES string of the molecule is Cl.NC1CC(NC(=O)OCC2c3ccccc3-c3ccccc32)C12CCOCC2. The van der Waals surface area contributed by atoms with Gasteiger partial charge in [0.1, 0.15) is 6.61 Å². The summed E-state index contributed by atoms with van der Waals surface area (Å²) in [6, 6.07) is 16.9. The predicted molar refractivity (Wildman–Crippen MR) is 114 cm³/mol. The average Bonchev–Trinajstić information content (AvgIpc) is 3.06. The van der Waals surface area contributed by atoms with Crippen LogP contribution in [0.1, 0.15) is 36.3 Å². The molecule has 0 aromatic heterocycles. The summed E-state index contributed by atoms with van der Waals surface area (Å²) in [6.07, 6.45) is 2.28. The van der Waals surface area contributed by atoms with Crippen molar-refractivity contribution < 1.29 is 14.3 Å². The lowest BCUT2D eigenvalue weighted by molar-refractivity contribution is -0.0694. The first-order chi connectivity index (χ1) is 13.7. The van der Waals surface area contributed by atoms with E-state index < -0.39 is 0 Å². The van der Waals surface area contributed by atoms with Gasteiger partial charge in [-0.05, 0) is 41.5 Å². The molecule has 2 aromatic rings. The Kier molecular flexibility index (Phi) is 5.56. The Bertz CT molecular complexity index is 852. The van der Waals surface area contributed by atoms with Crippen LogP contribution in [-0.4, -0.2) is 38.0 Å². The van der Waals surface area contributed by atoms with Gasteiger partial charge < -0.3 is 20.5 Å². The highest BCUT2D eigenvalue weighted by Crippen LogP contribution is 2.48. The van der Waals surface area contributed by atoms with Crippen molar-refractivity contribution in [3.8, 4) is 11.1 Å². The van der Waals surface area contributed by atoms with Gasteiger partial charge in [-0.3, -0.25) is 0 Å². The van der Waals surface area contributed by atoms with Gasteiger partial charge in [0.2, 0.25) is 0 Å². The highest BCUT2D eigenvalue weighted by atomic mass is 35.5. The van der Waals surface area contributed by atoms with Crippen LogP contribution >= 0.6 is 12.4 Å². The first-order valence-corrected chi connectivity index (χ1v) is 10.1. The number of ether oxygens (including phenoxy) is 2. The van der Waals surface area contributed by atoms with Crippen molar-refractivity contribution in [3.63, 3.8) is 0 Å². The predicted octanol–water partition coefficient (Wildman–Crippen LogP) is 3.84. The Labute approximate surface area is 177 Å². The first-order valence-electron chi connectivity index (χ1n) is 10.1. The summed E-state index contributed by atoms with van der Waals surface area (Å²) >= 11 is 0. The maximum Gasteiger partial charge on any atom is 0.407 e. The number of rotatable bonds is 3. The Hall–Kier alpha value is -2.08. The van der Waals surface area contributed by atoms with Crippen LogP contribution in [0.2, 0.25) is 0 Å². The van der Waals surface area contributed by atoms with Gasteiger partial charge in [0.05, 0.1) is 0 Å². The van der Waals surface area contributed by atoms with Gasteiger partial charge in [-0.1, -0.05) is 48.5 Å². The topological polar surface area (TPSA) is 73.6 Å². The number of fused-ring (bicyclic) bond motifs is 3. The van der Waals surface area contributed by atoms with Crippen molar-refractivity contribution in [3.05, 3.63) is 59.7 Å². The zero-order valence-corrected chi connectivity index (χ0v) is 17.1. The van der Waals surface area contributed by atoms with E-state index >= 15 is 0 Å². The monoisotopic (exact) mass is 414 g/mol. The molecule has 2 aromatic carbocycles. The summed E-state index contributed by atoms with van der Waals surface area (Å²) in [5.74, 6) is 0.0823. The summed E-state index contributed by atoms with van der Waals surface area (Å²) in [5, 5.41) is 3.08. The van der Waals surface area contributed by atoms with E-state index in [-0.39, 0.29) is 41.9 Å². The molecule has 1 saturated heterocycles. The van der Waals surface area contributed by atoms with E-state index in [1.807, 2.05) is 12.1 Å². The number of benzene rings is 2. The number of amides is 1. The third kappa shape index (κ3) is 3.31. The van der Waals surface area contributed by atoms with Gasteiger partial charge in [0.15, 0.2) is 0 Å². The second-order valence-corrected chi connectivity index (χ2v) is 8.21. The second kappa shape index (κ2) is 7.98. The van der Waals surface area contributed by atoms with E-state index in [9.17, 15) is 4.79 Å². The standard InChI is InChI=1S/C23H26N2O3.ClH/c24-20-13-21(23(20)9-11-27-12-10-23)25-22(26)28-14-19-17-7-3-1-5-15(17)16-6-2-4-8-18(16)19;/h1-8,19-21H,9-14,24H2,(H,25,26);1H. The van der Waals surface area contributed by atoms with Crippen LogP contribution < -0.4 is 11.1 Å². The van der Waals surface area contributed by atoms with Crippen LogP contribution in [-0.2, 0) is 9.47 Å². The normalized spacial score (nSPS) is 24.0. The molecule has 5 rings (SSSR count). The van der Waals surface area contributed by atoms with Crippen molar-refractivity contribution >= 4 is 18.5 Å². The van der Waals surface area contributed by atoms with Crippen LogP contribution in [0, 0.1) is 5.41 Å². The zero-order valence-electron chi connectivity index (χ0n) is 16.3. The molecule has 1 amide bonds. The van der Waals surface area contributed by atoms with Crippen LogP contribution in [0.4, 0.5) is 4.79 Å². The molecule has 1 heterocycles. The van der Waals surface area contributed by atoms with Gasteiger partial charge in [0, 0.05) is 36.6 Å². The molecule has 1 spiro atoms. The number of hydrogen-bond acceptors (Lipinski definition) is 4. The van der Waals surface area contributed by atoms with E-state index in [0.29, 0.717) is 6.61 Å². The summed E-state index contributed by atoms with van der Waals surface area (Å²) in [5.41, 5.74) is 11.2. The minimum absolute atomic E-state index is 0. The van der Waals surface area contributed by atoms with E-state index in [1.54, 1.807) is 0 Å². The van der Waals surface area contributed by atoms with Crippen LogP contribution in [0.25, 0.3) is 11.1 Å². The summed E-state index contributed by atoms with van der Waals surface area (Å²) < 4.78 is 11.2. The molecular formula is C23H27ClN2O3. The van der Waals surface area contributed by atoms with Gasteiger partial charge in [-0.2, -0.15) is 0 Å². The van der Waals surface area contributed by atoms with Crippen LogP contribution in [0.5, 0.6) is 0 Å². The van der Waals surface area contributed by atoms with Gasteiger partial charge in [-0.25, -0.2) is 4.79 Å². The number of nitrogens with one attached hydrogen (secondary N) is 1. The lowest BCUT2D eigenvalue weighted by Gasteiger charge is -2.56. The van der Waals surface area contributed by atoms with Crippen molar-refractivity contribution in [2.75, 3.05) is 19.8 Å². The Morgan fingerprint density at radius 2 is 1.66 bits per heavy atom. The maximum atomic E-state index is 12.6. The van der Waals surface area contributed by atoms with Crippen molar-refractivity contribution in [1.82, 2.24) is 5.32 Å². The fourth-order valence-electron chi connectivity index (χ4n) is 5.28. The number of carbonyl (C=O) groups excluding carboxylic acids is 1. The lowest BCUT2D eigenvalue weighted by Crippen LogP contribution is -2.68. The largest absolute Gasteiger partial charge is 0.449 e. The lowest BCUT2D eigenvalue weighted by atomic mass is 9.57. The van der Waals surface area contributed by atoms with Gasteiger partial charge >= 0.3 is 6.09 Å². The molecule has 0 bridgehead atoms. The molecule has 29 heavy (non-hydrogen) atoms. The third-order valence-electron chi connectivity index (χ3n) is 6.98. The number of hydrogen-bond donors (Lipinski definition) is 2. The highest BCUT2D eigenvalue weighted by molar-refractivity contribution is 5.85. The molecule has 6 heteroatoms. The van der Waals surface area contributed by atoms with Crippen molar-refractivity contribution in [2.45, 2.75) is 37.3 Å². The van der Waals surface area contributed by atoms with E-state index in [4.69, 9.17) is 15.2 Å². The van der Waals surface area contributed by atoms with Crippen molar-refractivity contribution in [1.29, 1.82) is 0 Å². The third-order valence-corrected chi connectivity index (χ3v) is 6.98. The molecule has 2 unspecified atom stereocenters. The quantitative estimate of drug-likeness (QED) is 0.800. The molecule has 5 nitrogen and oxygen atoms in total. The summed E-state index contributed by atoms with van der Waals surface area (Å²) in [7, 11) is 0. The summed E-state index contributed by atoms with van der Waals surface area (Å²) in [4.78, 5) is 12.6. The average molecular weight is 415 g/mol. The minimum Gasteiger partial charge on any atom is -0.449 e. The van der Waals surface area contributed by atoms with E-state index in [0.717, 1.165) is 32.5 Å². The first kappa shape index (κ1) is 20.2. The molecule has 1 saturated carbocycles. The Morgan fingerprint density at radius 1 is 1.07 bits per heavy atom. The zero-order chi connectivity index (χ0) is 19.1. The molecule has 0 radical (unpaired) electrons. The maximum absolute atomic E-state index is 12.6. The smallest absolute Gasteiger partial charge is 0.407 e. The molecule has 3 aliphatic rings. The molecule has 2 atom stereocenters. The fraction of sp³-hybridized carbons (Fsp3) is 0.435. The number of carbonyl (C=O) groups is 1. The molecule has 154 valence electrons. The van der Waals surface area contributed by atoms with Crippen molar-refractivity contribution in [2.24, 2.45) is 11.1 Å². The minimum atomic E-state index is -0.343. The fourth-order valence-corrected chi connectivity index (χ4v) is 5.28.